The minimum atomic E-state index is -0.254. The van der Waals surface area contributed by atoms with Crippen LogP contribution in [0.3, 0.4) is 0 Å². The number of ether oxygens (including phenoxy) is 1. The van der Waals surface area contributed by atoms with E-state index in [0.717, 1.165) is 45.4 Å². The van der Waals surface area contributed by atoms with Gasteiger partial charge < -0.3 is 24.8 Å². The van der Waals surface area contributed by atoms with E-state index in [1.165, 1.54) is 11.3 Å². The summed E-state index contributed by atoms with van der Waals surface area (Å²) in [6.07, 6.45) is 2.34. The minimum absolute atomic E-state index is 0.00978. The molecule has 154 valence electrons. The van der Waals surface area contributed by atoms with Gasteiger partial charge in [-0.05, 0) is 43.9 Å². The fourth-order valence-electron chi connectivity index (χ4n) is 3.80. The van der Waals surface area contributed by atoms with E-state index in [1.807, 2.05) is 11.8 Å². The van der Waals surface area contributed by atoms with Crippen molar-refractivity contribution in [3.63, 3.8) is 0 Å². The number of anilines is 1. The molecule has 2 fully saturated rings. The first-order chi connectivity index (χ1) is 13.6. The third kappa shape index (κ3) is 5.09. The summed E-state index contributed by atoms with van der Waals surface area (Å²) in [6.45, 7) is 8.77. The van der Waals surface area contributed by atoms with Crippen LogP contribution in [0.4, 0.5) is 15.3 Å². The molecule has 1 aromatic carbocycles. The predicted octanol–water partition coefficient (Wildman–Crippen LogP) is 2.70. The molecule has 0 saturated carbocycles. The summed E-state index contributed by atoms with van der Waals surface area (Å²) >= 11 is 0. The standard InChI is InChI=1S/C21H32N4O3/c1-3-17-5-7-19(8-6-17)23-13-15-24(16-14-23)20(26)22-18-9-11-25(12-10-18)21(27)28-4-2/h5-8,18H,3-4,9-16H2,1-2H3,(H,22,26). The summed E-state index contributed by atoms with van der Waals surface area (Å²) < 4.78 is 5.04. The molecule has 0 atom stereocenters. The molecule has 3 amide bonds. The van der Waals surface area contributed by atoms with Gasteiger partial charge >= 0.3 is 12.1 Å². The molecule has 2 saturated heterocycles. The number of amides is 3. The Labute approximate surface area is 167 Å². The number of nitrogens with one attached hydrogen (secondary N) is 1. The zero-order valence-electron chi connectivity index (χ0n) is 17.0. The van der Waals surface area contributed by atoms with Crippen LogP contribution >= 0.6 is 0 Å². The van der Waals surface area contributed by atoms with E-state index in [1.54, 1.807) is 4.90 Å². The highest BCUT2D eigenvalue weighted by molar-refractivity contribution is 5.75. The Balaban J connectivity index is 1.41. The maximum Gasteiger partial charge on any atom is 0.409 e. The summed E-state index contributed by atoms with van der Waals surface area (Å²) in [6, 6.07) is 8.83. The van der Waals surface area contributed by atoms with Crippen LogP contribution in [-0.2, 0) is 11.2 Å². The van der Waals surface area contributed by atoms with Crippen LogP contribution in [0, 0.1) is 0 Å². The Hall–Kier alpha value is -2.44. The zero-order chi connectivity index (χ0) is 19.9. The molecule has 2 aliphatic heterocycles. The molecule has 1 aromatic rings. The number of carbonyl (C=O) groups is 2. The van der Waals surface area contributed by atoms with E-state index in [-0.39, 0.29) is 18.2 Å². The summed E-state index contributed by atoms with van der Waals surface area (Å²) in [5.41, 5.74) is 2.57. The Morgan fingerprint density at radius 2 is 1.61 bits per heavy atom. The molecule has 2 aliphatic rings. The van der Waals surface area contributed by atoms with Crippen molar-refractivity contribution in [1.82, 2.24) is 15.1 Å². The lowest BCUT2D eigenvalue weighted by molar-refractivity contribution is 0.0950. The maximum absolute atomic E-state index is 12.6. The van der Waals surface area contributed by atoms with E-state index in [2.05, 4.69) is 41.4 Å². The number of likely N-dealkylation sites (tertiary alicyclic amines) is 1. The van der Waals surface area contributed by atoms with Gasteiger partial charge in [-0.1, -0.05) is 19.1 Å². The molecule has 7 nitrogen and oxygen atoms in total. The summed E-state index contributed by atoms with van der Waals surface area (Å²) in [7, 11) is 0. The molecule has 3 rings (SSSR count). The van der Waals surface area contributed by atoms with Gasteiger partial charge in [-0.25, -0.2) is 9.59 Å². The van der Waals surface area contributed by atoms with Crippen molar-refractivity contribution in [3.05, 3.63) is 29.8 Å². The van der Waals surface area contributed by atoms with Crippen molar-refractivity contribution < 1.29 is 14.3 Å². The second-order valence-electron chi connectivity index (χ2n) is 7.40. The molecule has 0 radical (unpaired) electrons. The lowest BCUT2D eigenvalue weighted by Crippen LogP contribution is -2.55. The second-order valence-corrected chi connectivity index (χ2v) is 7.40. The molecular weight excluding hydrogens is 356 g/mol. The summed E-state index contributed by atoms with van der Waals surface area (Å²) in [5.74, 6) is 0. The minimum Gasteiger partial charge on any atom is -0.450 e. The number of hydrogen-bond acceptors (Lipinski definition) is 4. The van der Waals surface area contributed by atoms with Crippen LogP contribution < -0.4 is 10.2 Å². The Morgan fingerprint density at radius 1 is 0.964 bits per heavy atom. The van der Waals surface area contributed by atoms with Gasteiger partial charge in [0.15, 0.2) is 0 Å². The van der Waals surface area contributed by atoms with Crippen molar-refractivity contribution in [2.75, 3.05) is 50.8 Å². The molecule has 0 spiro atoms. The lowest BCUT2D eigenvalue weighted by Gasteiger charge is -2.38. The topological polar surface area (TPSA) is 65.1 Å². The largest absolute Gasteiger partial charge is 0.450 e. The average molecular weight is 389 g/mol. The first-order valence-electron chi connectivity index (χ1n) is 10.4. The van der Waals surface area contributed by atoms with E-state index in [9.17, 15) is 9.59 Å². The Kier molecular flexibility index (Phi) is 7.01. The number of piperazine rings is 1. The van der Waals surface area contributed by atoms with Crippen molar-refractivity contribution >= 4 is 17.8 Å². The quantitative estimate of drug-likeness (QED) is 0.861. The fraction of sp³-hybridized carbons (Fsp3) is 0.619. The Bertz CT molecular complexity index is 648. The molecule has 2 heterocycles. The molecule has 0 aromatic heterocycles. The van der Waals surface area contributed by atoms with Gasteiger partial charge in [-0.15, -0.1) is 0 Å². The SMILES string of the molecule is CCOC(=O)N1CCC(NC(=O)N2CCN(c3ccc(CC)cc3)CC2)CC1. The van der Waals surface area contributed by atoms with Gasteiger partial charge in [0.05, 0.1) is 6.61 Å². The van der Waals surface area contributed by atoms with Gasteiger partial charge in [-0.3, -0.25) is 0 Å². The third-order valence-corrected chi connectivity index (χ3v) is 5.63. The third-order valence-electron chi connectivity index (χ3n) is 5.63. The second kappa shape index (κ2) is 9.66. The summed E-state index contributed by atoms with van der Waals surface area (Å²) in [5, 5.41) is 3.14. The van der Waals surface area contributed by atoms with E-state index in [4.69, 9.17) is 4.74 Å². The first-order valence-corrected chi connectivity index (χ1v) is 10.4. The molecule has 28 heavy (non-hydrogen) atoms. The smallest absolute Gasteiger partial charge is 0.409 e. The van der Waals surface area contributed by atoms with Crippen molar-refractivity contribution in [2.24, 2.45) is 0 Å². The number of nitrogens with zero attached hydrogens (tertiary/aromatic N) is 3. The van der Waals surface area contributed by atoms with Gasteiger partial charge in [0.1, 0.15) is 0 Å². The molecular formula is C21H32N4O3. The molecule has 0 aliphatic carbocycles. The van der Waals surface area contributed by atoms with Gasteiger partial charge in [0, 0.05) is 51.0 Å². The van der Waals surface area contributed by atoms with Crippen LogP contribution in [0.15, 0.2) is 24.3 Å². The van der Waals surface area contributed by atoms with E-state index >= 15 is 0 Å². The number of benzene rings is 1. The fourth-order valence-corrected chi connectivity index (χ4v) is 3.80. The lowest BCUT2D eigenvalue weighted by atomic mass is 10.1. The van der Waals surface area contributed by atoms with Gasteiger partial charge in [0.2, 0.25) is 0 Å². The number of carbonyl (C=O) groups excluding carboxylic acids is 2. The molecule has 0 bridgehead atoms. The van der Waals surface area contributed by atoms with Crippen molar-refractivity contribution in [1.29, 1.82) is 0 Å². The van der Waals surface area contributed by atoms with Crippen molar-refractivity contribution in [2.45, 2.75) is 39.2 Å². The predicted molar refractivity (Wildman–Crippen MR) is 110 cm³/mol. The summed E-state index contributed by atoms with van der Waals surface area (Å²) in [4.78, 5) is 30.3. The van der Waals surface area contributed by atoms with Crippen LogP contribution in [0.5, 0.6) is 0 Å². The van der Waals surface area contributed by atoms with Gasteiger partial charge in [-0.2, -0.15) is 0 Å². The number of urea groups is 1. The average Bonchev–Trinajstić information content (AvgIpc) is 2.74. The first kappa shape index (κ1) is 20.3. The van der Waals surface area contributed by atoms with E-state index in [0.29, 0.717) is 19.7 Å². The Morgan fingerprint density at radius 3 is 2.18 bits per heavy atom. The molecule has 0 unspecified atom stereocenters. The number of hydrogen-bond donors (Lipinski definition) is 1. The molecule has 7 heteroatoms. The monoisotopic (exact) mass is 388 g/mol. The highest BCUT2D eigenvalue weighted by Gasteiger charge is 2.27. The maximum atomic E-state index is 12.6. The highest BCUT2D eigenvalue weighted by atomic mass is 16.6. The zero-order valence-corrected chi connectivity index (χ0v) is 17.0. The van der Waals surface area contributed by atoms with Crippen LogP contribution in [0.25, 0.3) is 0 Å². The number of aryl methyl sites for hydroxylation is 1. The van der Waals surface area contributed by atoms with Crippen LogP contribution in [0.2, 0.25) is 0 Å². The molecule has 1 N–H and O–H groups in total. The normalized spacial score (nSPS) is 18.1. The van der Waals surface area contributed by atoms with E-state index < -0.39 is 0 Å². The van der Waals surface area contributed by atoms with Gasteiger partial charge in [0.25, 0.3) is 0 Å². The van der Waals surface area contributed by atoms with Crippen LogP contribution in [0.1, 0.15) is 32.3 Å². The number of piperidine rings is 1. The van der Waals surface area contributed by atoms with Crippen LogP contribution in [-0.4, -0.2) is 73.8 Å². The number of rotatable bonds is 4. The van der Waals surface area contributed by atoms with Crippen molar-refractivity contribution in [3.8, 4) is 0 Å². The highest BCUT2D eigenvalue weighted by Crippen LogP contribution is 2.18.